The Labute approximate surface area is 167 Å². The predicted octanol–water partition coefficient (Wildman–Crippen LogP) is 6.24. The number of ether oxygens (including phenoxy) is 1. The average Bonchev–Trinajstić information content (AvgIpc) is 3.13. The summed E-state index contributed by atoms with van der Waals surface area (Å²) in [5.41, 5.74) is 4.26. The SMILES string of the molecule is Clc1ccc(C2=NN3[C@@H](C2)c2ccccc2O[C@H]3c2cccc(Cl)c2)cc1. The second-order valence-corrected chi connectivity index (χ2v) is 7.59. The summed E-state index contributed by atoms with van der Waals surface area (Å²) in [7, 11) is 0. The van der Waals surface area contributed by atoms with Crippen LogP contribution in [0.5, 0.6) is 5.75 Å². The molecule has 0 amide bonds. The summed E-state index contributed by atoms with van der Waals surface area (Å²) < 4.78 is 6.33. The molecule has 0 aromatic heterocycles. The van der Waals surface area contributed by atoms with Crippen LogP contribution in [0.1, 0.15) is 35.4 Å². The van der Waals surface area contributed by atoms with Crippen LogP contribution < -0.4 is 4.74 Å². The van der Waals surface area contributed by atoms with Gasteiger partial charge in [0.25, 0.3) is 0 Å². The summed E-state index contributed by atoms with van der Waals surface area (Å²) in [6.07, 6.45) is 0.507. The lowest BCUT2D eigenvalue weighted by atomic mass is 9.96. The molecule has 3 aromatic carbocycles. The minimum absolute atomic E-state index is 0.129. The normalized spacial score (nSPS) is 20.5. The zero-order chi connectivity index (χ0) is 18.4. The Hall–Kier alpha value is -2.49. The van der Waals surface area contributed by atoms with Crippen molar-refractivity contribution < 1.29 is 4.74 Å². The molecule has 3 nitrogen and oxygen atoms in total. The first-order chi connectivity index (χ1) is 13.2. The number of hydrogen-bond acceptors (Lipinski definition) is 3. The summed E-state index contributed by atoms with van der Waals surface area (Å²) in [5.74, 6) is 0.899. The third-order valence-electron chi connectivity index (χ3n) is 5.01. The van der Waals surface area contributed by atoms with Gasteiger partial charge in [0, 0.05) is 27.6 Å². The summed E-state index contributed by atoms with van der Waals surface area (Å²) in [6, 6.07) is 23.9. The van der Waals surface area contributed by atoms with Gasteiger partial charge in [-0.2, -0.15) is 5.10 Å². The Morgan fingerprint density at radius 1 is 0.889 bits per heavy atom. The molecule has 2 heterocycles. The number of nitrogens with zero attached hydrogens (tertiary/aromatic N) is 2. The summed E-state index contributed by atoms with van der Waals surface area (Å²) in [4.78, 5) is 0. The lowest BCUT2D eigenvalue weighted by Crippen LogP contribution is -2.33. The van der Waals surface area contributed by atoms with Crippen LogP contribution in [0.15, 0.2) is 77.9 Å². The molecule has 0 fully saturated rings. The molecule has 0 N–H and O–H groups in total. The molecule has 2 atom stereocenters. The van der Waals surface area contributed by atoms with Gasteiger partial charge in [0.1, 0.15) is 5.75 Å². The quantitative estimate of drug-likeness (QED) is 0.513. The molecule has 0 unspecified atom stereocenters. The molecule has 2 aliphatic heterocycles. The second-order valence-electron chi connectivity index (χ2n) is 6.72. The van der Waals surface area contributed by atoms with Crippen LogP contribution in [0.25, 0.3) is 0 Å². The van der Waals surface area contributed by atoms with Crippen molar-refractivity contribution in [1.29, 1.82) is 0 Å². The first-order valence-corrected chi connectivity index (χ1v) is 9.57. The maximum absolute atomic E-state index is 6.33. The number of rotatable bonds is 2. The van der Waals surface area contributed by atoms with Gasteiger partial charge < -0.3 is 4.74 Å². The van der Waals surface area contributed by atoms with Crippen LogP contribution >= 0.6 is 23.2 Å². The highest BCUT2D eigenvalue weighted by Gasteiger charge is 2.40. The van der Waals surface area contributed by atoms with E-state index in [-0.39, 0.29) is 12.3 Å². The lowest BCUT2D eigenvalue weighted by molar-refractivity contribution is -0.0190. The Morgan fingerprint density at radius 3 is 2.52 bits per heavy atom. The van der Waals surface area contributed by atoms with Crippen LogP contribution in [0.3, 0.4) is 0 Å². The smallest absolute Gasteiger partial charge is 0.213 e. The van der Waals surface area contributed by atoms with E-state index in [0.29, 0.717) is 5.02 Å². The highest BCUT2D eigenvalue weighted by atomic mass is 35.5. The van der Waals surface area contributed by atoms with Crippen molar-refractivity contribution in [2.75, 3.05) is 0 Å². The van der Waals surface area contributed by atoms with Crippen molar-refractivity contribution in [3.63, 3.8) is 0 Å². The van der Waals surface area contributed by atoms with Crippen molar-refractivity contribution in [3.05, 3.63) is 99.5 Å². The van der Waals surface area contributed by atoms with Crippen LogP contribution in [0, 0.1) is 0 Å². The van der Waals surface area contributed by atoms with Crippen LogP contribution in [0.2, 0.25) is 10.0 Å². The van der Waals surface area contributed by atoms with Crippen LogP contribution in [0.4, 0.5) is 0 Å². The Balaban J connectivity index is 1.60. The van der Waals surface area contributed by atoms with E-state index in [9.17, 15) is 0 Å². The van der Waals surface area contributed by atoms with Crippen molar-refractivity contribution in [3.8, 4) is 5.75 Å². The summed E-state index contributed by atoms with van der Waals surface area (Å²) in [6.45, 7) is 0. The average molecular weight is 395 g/mol. The minimum atomic E-state index is -0.312. The molecular weight excluding hydrogens is 379 g/mol. The predicted molar refractivity (Wildman–Crippen MR) is 108 cm³/mol. The molecule has 2 aliphatic rings. The topological polar surface area (TPSA) is 24.8 Å². The number of hydrogen-bond donors (Lipinski definition) is 0. The molecule has 0 spiro atoms. The van der Waals surface area contributed by atoms with Gasteiger partial charge >= 0.3 is 0 Å². The zero-order valence-corrected chi connectivity index (χ0v) is 15.9. The van der Waals surface area contributed by atoms with Gasteiger partial charge in [0.2, 0.25) is 6.23 Å². The third-order valence-corrected chi connectivity index (χ3v) is 5.50. The summed E-state index contributed by atoms with van der Waals surface area (Å²) in [5, 5.41) is 8.40. The molecule has 3 aromatic rings. The van der Waals surface area contributed by atoms with E-state index in [4.69, 9.17) is 33.0 Å². The molecule has 0 aliphatic carbocycles. The molecule has 5 heteroatoms. The highest BCUT2D eigenvalue weighted by Crippen LogP contribution is 2.47. The van der Waals surface area contributed by atoms with E-state index in [1.54, 1.807) is 0 Å². The van der Waals surface area contributed by atoms with E-state index in [2.05, 4.69) is 11.1 Å². The zero-order valence-electron chi connectivity index (χ0n) is 14.3. The molecule has 0 saturated heterocycles. The fraction of sp³-hybridized carbons (Fsp3) is 0.136. The van der Waals surface area contributed by atoms with Crippen molar-refractivity contribution >= 4 is 28.9 Å². The number of fused-ring (bicyclic) bond motifs is 3. The highest BCUT2D eigenvalue weighted by molar-refractivity contribution is 6.31. The van der Waals surface area contributed by atoms with Crippen molar-refractivity contribution in [2.45, 2.75) is 18.7 Å². The largest absolute Gasteiger partial charge is 0.464 e. The van der Waals surface area contributed by atoms with Gasteiger partial charge in [0.05, 0.1) is 11.8 Å². The second kappa shape index (κ2) is 6.59. The molecule has 27 heavy (non-hydrogen) atoms. The van der Waals surface area contributed by atoms with Crippen molar-refractivity contribution in [1.82, 2.24) is 5.01 Å². The van der Waals surface area contributed by atoms with Gasteiger partial charge in [-0.1, -0.05) is 65.7 Å². The Bertz CT molecular complexity index is 1030. The number of para-hydroxylation sites is 1. The van der Waals surface area contributed by atoms with Crippen molar-refractivity contribution in [2.24, 2.45) is 5.10 Å². The van der Waals surface area contributed by atoms with Crippen LogP contribution in [-0.4, -0.2) is 10.7 Å². The summed E-state index contributed by atoms with van der Waals surface area (Å²) >= 11 is 12.3. The van der Waals surface area contributed by atoms with Gasteiger partial charge in [-0.25, -0.2) is 5.01 Å². The van der Waals surface area contributed by atoms with Gasteiger partial charge in [-0.15, -0.1) is 0 Å². The van der Waals surface area contributed by atoms with Gasteiger partial charge in [-0.05, 0) is 35.9 Å². The van der Waals surface area contributed by atoms with E-state index < -0.39 is 0 Å². The number of benzene rings is 3. The first kappa shape index (κ1) is 16.7. The van der Waals surface area contributed by atoms with E-state index in [1.807, 2.05) is 66.7 Å². The molecular formula is C22H16Cl2N2O. The maximum Gasteiger partial charge on any atom is 0.213 e. The van der Waals surface area contributed by atoms with E-state index in [0.717, 1.165) is 39.6 Å². The lowest BCUT2D eigenvalue weighted by Gasteiger charge is -2.38. The minimum Gasteiger partial charge on any atom is -0.464 e. The fourth-order valence-corrected chi connectivity index (χ4v) is 4.06. The third kappa shape index (κ3) is 2.97. The van der Waals surface area contributed by atoms with Gasteiger partial charge in [-0.3, -0.25) is 0 Å². The molecule has 5 rings (SSSR count). The molecule has 134 valence electrons. The standard InChI is InChI=1S/C22H16Cl2N2O/c23-16-10-8-14(9-11-16)19-13-20-18-6-1-2-7-21(18)27-22(26(20)25-19)15-4-3-5-17(24)12-15/h1-12,20,22H,13H2/t20-,22-/m0/s1. The maximum atomic E-state index is 6.33. The monoisotopic (exact) mass is 394 g/mol. The van der Waals surface area contributed by atoms with E-state index >= 15 is 0 Å². The van der Waals surface area contributed by atoms with E-state index in [1.165, 1.54) is 0 Å². The molecule has 0 saturated carbocycles. The number of halogens is 2. The van der Waals surface area contributed by atoms with Crippen LogP contribution in [-0.2, 0) is 0 Å². The Kier molecular flexibility index (Phi) is 4.07. The number of hydrazone groups is 1. The fourth-order valence-electron chi connectivity index (χ4n) is 3.73. The first-order valence-electron chi connectivity index (χ1n) is 8.82. The molecule has 0 bridgehead atoms. The van der Waals surface area contributed by atoms with Gasteiger partial charge in [0.15, 0.2) is 0 Å². The Morgan fingerprint density at radius 2 is 1.70 bits per heavy atom. The molecule has 0 radical (unpaired) electrons.